The molecule has 0 bridgehead atoms. The van der Waals surface area contributed by atoms with Crippen molar-refractivity contribution >= 4 is 40.8 Å². The van der Waals surface area contributed by atoms with E-state index in [-0.39, 0.29) is 0 Å². The minimum absolute atomic E-state index is 0.353. The van der Waals surface area contributed by atoms with Crippen molar-refractivity contribution in [1.29, 1.82) is 0 Å². The minimum Gasteiger partial charge on any atom is -0.493 e. The van der Waals surface area contributed by atoms with Crippen molar-refractivity contribution < 1.29 is 14.3 Å². The molecule has 0 saturated heterocycles. The number of ether oxygens (including phenoxy) is 2. The molecule has 0 aliphatic rings. The van der Waals surface area contributed by atoms with Crippen molar-refractivity contribution in [3.8, 4) is 11.5 Å². The van der Waals surface area contributed by atoms with Gasteiger partial charge in [-0.25, -0.2) is 4.79 Å². The standard InChI is InChI=1S/C19H15ClN2O3S/c1-24-17-10-13(12-21-22-15-5-2-4-14(20)11-15)7-8-16(17)25-19(23)18-6-3-9-26-18/h2-12,22H,1H3/b21-12-. The van der Waals surface area contributed by atoms with Crippen LogP contribution in [0.5, 0.6) is 11.5 Å². The van der Waals surface area contributed by atoms with Gasteiger partial charge in [0.05, 0.1) is 19.0 Å². The molecule has 0 spiro atoms. The van der Waals surface area contributed by atoms with Gasteiger partial charge in [0.15, 0.2) is 11.5 Å². The topological polar surface area (TPSA) is 59.9 Å². The van der Waals surface area contributed by atoms with Crippen molar-refractivity contribution in [1.82, 2.24) is 0 Å². The summed E-state index contributed by atoms with van der Waals surface area (Å²) in [5, 5.41) is 6.61. The lowest BCUT2D eigenvalue weighted by Gasteiger charge is -2.09. The minimum atomic E-state index is -0.414. The third kappa shape index (κ3) is 4.62. The molecule has 0 aliphatic heterocycles. The number of benzene rings is 2. The molecule has 3 aromatic rings. The van der Waals surface area contributed by atoms with Crippen molar-refractivity contribution in [2.45, 2.75) is 0 Å². The van der Waals surface area contributed by atoms with Crippen molar-refractivity contribution in [2.75, 3.05) is 12.5 Å². The van der Waals surface area contributed by atoms with Gasteiger partial charge in [-0.15, -0.1) is 11.3 Å². The maximum atomic E-state index is 12.1. The first-order valence-corrected chi connectivity index (χ1v) is 8.90. The van der Waals surface area contributed by atoms with Gasteiger partial charge in [0, 0.05) is 5.02 Å². The van der Waals surface area contributed by atoms with E-state index in [4.69, 9.17) is 21.1 Å². The number of halogens is 1. The van der Waals surface area contributed by atoms with Crippen LogP contribution in [-0.4, -0.2) is 19.3 Å². The fourth-order valence-electron chi connectivity index (χ4n) is 2.13. The second kappa shape index (κ2) is 8.51. The van der Waals surface area contributed by atoms with E-state index in [1.165, 1.54) is 18.4 Å². The number of esters is 1. The SMILES string of the molecule is COc1cc(/C=N\Nc2cccc(Cl)c2)ccc1OC(=O)c1cccs1. The summed E-state index contributed by atoms with van der Waals surface area (Å²) in [5.74, 6) is 0.384. The Morgan fingerprint density at radius 1 is 1.15 bits per heavy atom. The highest BCUT2D eigenvalue weighted by molar-refractivity contribution is 7.12. The van der Waals surface area contributed by atoms with Crippen LogP contribution in [0, 0.1) is 0 Å². The molecule has 1 heterocycles. The van der Waals surface area contributed by atoms with Crippen molar-refractivity contribution in [2.24, 2.45) is 5.10 Å². The van der Waals surface area contributed by atoms with Crippen LogP contribution in [0.1, 0.15) is 15.2 Å². The zero-order valence-electron chi connectivity index (χ0n) is 13.8. The summed E-state index contributed by atoms with van der Waals surface area (Å²) in [7, 11) is 1.52. The number of anilines is 1. The number of rotatable bonds is 6. The van der Waals surface area contributed by atoms with Gasteiger partial charge in [0.25, 0.3) is 0 Å². The highest BCUT2D eigenvalue weighted by Gasteiger charge is 2.13. The fraction of sp³-hybridized carbons (Fsp3) is 0.0526. The smallest absolute Gasteiger partial charge is 0.353 e. The molecule has 0 amide bonds. The third-order valence-electron chi connectivity index (χ3n) is 3.34. The Bertz CT molecular complexity index is 926. The van der Waals surface area contributed by atoms with Crippen molar-refractivity contribution in [3.63, 3.8) is 0 Å². The van der Waals surface area contributed by atoms with Crippen LogP contribution in [0.15, 0.2) is 65.1 Å². The zero-order chi connectivity index (χ0) is 18.4. The van der Waals surface area contributed by atoms with E-state index in [9.17, 15) is 4.79 Å². The van der Waals surface area contributed by atoms with Crippen molar-refractivity contribution in [3.05, 3.63) is 75.4 Å². The van der Waals surface area contributed by atoms with Gasteiger partial charge in [-0.05, 0) is 53.4 Å². The number of carbonyl (C=O) groups excluding carboxylic acids is 1. The lowest BCUT2D eigenvalue weighted by molar-refractivity contribution is 0.0735. The van der Waals surface area contributed by atoms with E-state index in [0.717, 1.165) is 11.3 Å². The number of carbonyl (C=O) groups is 1. The summed E-state index contributed by atoms with van der Waals surface area (Å²) < 4.78 is 10.7. The lowest BCUT2D eigenvalue weighted by atomic mass is 10.2. The number of hydrazone groups is 1. The molecule has 7 heteroatoms. The van der Waals surface area contributed by atoms with E-state index in [2.05, 4.69) is 10.5 Å². The van der Waals surface area contributed by atoms with E-state index >= 15 is 0 Å². The van der Waals surface area contributed by atoms with Crippen LogP contribution in [0.4, 0.5) is 5.69 Å². The third-order valence-corrected chi connectivity index (χ3v) is 4.43. The Balaban J connectivity index is 1.70. The highest BCUT2D eigenvalue weighted by Crippen LogP contribution is 2.29. The molecule has 5 nitrogen and oxygen atoms in total. The predicted molar refractivity (Wildman–Crippen MR) is 105 cm³/mol. The molecule has 26 heavy (non-hydrogen) atoms. The van der Waals surface area contributed by atoms with Crippen LogP contribution >= 0.6 is 22.9 Å². The second-order valence-electron chi connectivity index (χ2n) is 5.16. The Kier molecular flexibility index (Phi) is 5.88. The van der Waals surface area contributed by atoms with Crippen LogP contribution in [0.25, 0.3) is 0 Å². The van der Waals surface area contributed by atoms with Gasteiger partial charge < -0.3 is 9.47 Å². The van der Waals surface area contributed by atoms with E-state index in [0.29, 0.717) is 21.4 Å². The molecule has 0 unspecified atom stereocenters. The Morgan fingerprint density at radius 2 is 2.04 bits per heavy atom. The number of methoxy groups -OCH3 is 1. The summed E-state index contributed by atoms with van der Waals surface area (Å²) in [4.78, 5) is 12.6. The Morgan fingerprint density at radius 3 is 2.77 bits per heavy atom. The summed E-state index contributed by atoms with van der Waals surface area (Å²) in [6, 6.07) is 15.9. The Hall–Kier alpha value is -2.83. The van der Waals surface area contributed by atoms with Crippen LogP contribution in [0.2, 0.25) is 5.02 Å². The quantitative estimate of drug-likeness (QED) is 0.278. The van der Waals surface area contributed by atoms with Crippen LogP contribution in [0.3, 0.4) is 0 Å². The number of hydrogen-bond acceptors (Lipinski definition) is 6. The summed E-state index contributed by atoms with van der Waals surface area (Å²) >= 11 is 7.25. The van der Waals surface area contributed by atoms with Crippen LogP contribution < -0.4 is 14.9 Å². The molecule has 0 aliphatic carbocycles. The number of nitrogens with zero attached hydrogens (tertiary/aromatic N) is 1. The monoisotopic (exact) mass is 386 g/mol. The molecule has 0 radical (unpaired) electrons. The number of nitrogens with one attached hydrogen (secondary N) is 1. The van der Waals surface area contributed by atoms with Gasteiger partial charge in [0.1, 0.15) is 4.88 Å². The first-order valence-electron chi connectivity index (χ1n) is 7.64. The predicted octanol–water partition coefficient (Wildman–Crippen LogP) is 5.08. The van der Waals surface area contributed by atoms with Crippen LogP contribution in [-0.2, 0) is 0 Å². The first kappa shape index (κ1) is 18.0. The summed E-state index contributed by atoms with van der Waals surface area (Å²) in [6.45, 7) is 0. The largest absolute Gasteiger partial charge is 0.493 e. The second-order valence-corrected chi connectivity index (χ2v) is 6.54. The normalized spacial score (nSPS) is 10.7. The van der Waals surface area contributed by atoms with Gasteiger partial charge in [-0.3, -0.25) is 5.43 Å². The van der Waals surface area contributed by atoms with Gasteiger partial charge >= 0.3 is 5.97 Å². The lowest BCUT2D eigenvalue weighted by Crippen LogP contribution is -2.07. The molecule has 132 valence electrons. The molecular formula is C19H15ClN2O3S. The average Bonchev–Trinajstić information content (AvgIpc) is 3.18. The number of thiophene rings is 1. The van der Waals surface area contributed by atoms with Gasteiger partial charge in [0.2, 0.25) is 0 Å². The zero-order valence-corrected chi connectivity index (χ0v) is 15.4. The molecule has 2 aromatic carbocycles. The van der Waals surface area contributed by atoms with Gasteiger partial charge in [-0.2, -0.15) is 5.10 Å². The van der Waals surface area contributed by atoms with Gasteiger partial charge in [-0.1, -0.05) is 23.7 Å². The Labute approximate surface area is 159 Å². The first-order chi connectivity index (χ1) is 12.7. The molecule has 1 aromatic heterocycles. The van der Waals surface area contributed by atoms with E-state index in [1.54, 1.807) is 48.7 Å². The van der Waals surface area contributed by atoms with E-state index in [1.807, 2.05) is 17.5 Å². The molecule has 0 atom stereocenters. The summed E-state index contributed by atoms with van der Waals surface area (Å²) in [5.41, 5.74) is 4.46. The fourth-order valence-corrected chi connectivity index (χ4v) is 2.92. The molecule has 0 saturated carbocycles. The average molecular weight is 387 g/mol. The maximum absolute atomic E-state index is 12.1. The summed E-state index contributed by atoms with van der Waals surface area (Å²) in [6.07, 6.45) is 1.63. The highest BCUT2D eigenvalue weighted by atomic mass is 35.5. The molecule has 1 N–H and O–H groups in total. The maximum Gasteiger partial charge on any atom is 0.353 e. The molecular weight excluding hydrogens is 372 g/mol. The molecule has 0 fully saturated rings. The van der Waals surface area contributed by atoms with E-state index < -0.39 is 5.97 Å². The molecule has 3 rings (SSSR count). The number of hydrogen-bond donors (Lipinski definition) is 1.